The van der Waals surface area contributed by atoms with Gasteiger partial charge in [0.15, 0.2) is 0 Å². The molecule has 0 aromatic heterocycles. The van der Waals surface area contributed by atoms with E-state index in [1.807, 2.05) is 11.8 Å². The molecule has 0 N–H and O–H groups in total. The summed E-state index contributed by atoms with van der Waals surface area (Å²) in [5.41, 5.74) is 0. The Labute approximate surface area is 50.7 Å². The molecule has 0 aliphatic heterocycles. The first-order valence-corrected chi connectivity index (χ1v) is 3.90. The SMILES string of the molecule is CCC(C)(C)SC. The fourth-order valence-electron chi connectivity index (χ4n) is 0.144. The van der Waals surface area contributed by atoms with Gasteiger partial charge >= 0.3 is 0 Å². The highest BCUT2D eigenvalue weighted by atomic mass is 32.2. The van der Waals surface area contributed by atoms with E-state index in [-0.39, 0.29) is 0 Å². The molecule has 0 atom stereocenters. The van der Waals surface area contributed by atoms with Crippen molar-refractivity contribution in [3.63, 3.8) is 0 Å². The number of thioether (sulfide) groups is 1. The maximum absolute atomic E-state index is 2.26. The Balaban J connectivity index is 3.36. The van der Waals surface area contributed by atoms with Crippen molar-refractivity contribution in [1.82, 2.24) is 0 Å². The summed E-state index contributed by atoms with van der Waals surface area (Å²) < 4.78 is 0.500. The van der Waals surface area contributed by atoms with Crippen molar-refractivity contribution in [1.29, 1.82) is 0 Å². The van der Waals surface area contributed by atoms with Crippen molar-refractivity contribution in [2.75, 3.05) is 6.26 Å². The molecule has 0 saturated carbocycles. The van der Waals surface area contributed by atoms with Gasteiger partial charge in [0.2, 0.25) is 0 Å². The third-order valence-corrected chi connectivity index (χ3v) is 2.80. The summed E-state index contributed by atoms with van der Waals surface area (Å²) in [7, 11) is 0. The first kappa shape index (κ1) is 7.35. The van der Waals surface area contributed by atoms with E-state index in [0.717, 1.165) is 0 Å². The van der Waals surface area contributed by atoms with Crippen LogP contribution in [0.25, 0.3) is 0 Å². The third-order valence-electron chi connectivity index (χ3n) is 1.40. The topological polar surface area (TPSA) is 0 Å². The van der Waals surface area contributed by atoms with Gasteiger partial charge < -0.3 is 0 Å². The van der Waals surface area contributed by atoms with Gasteiger partial charge in [0.25, 0.3) is 0 Å². The van der Waals surface area contributed by atoms with Crippen molar-refractivity contribution in [2.45, 2.75) is 31.9 Å². The molecule has 0 nitrogen and oxygen atoms in total. The van der Waals surface area contributed by atoms with Gasteiger partial charge in [0.05, 0.1) is 0 Å². The molecular formula is C6H14S. The van der Waals surface area contributed by atoms with Gasteiger partial charge in [-0.25, -0.2) is 0 Å². The Morgan fingerprint density at radius 2 is 1.86 bits per heavy atom. The minimum absolute atomic E-state index is 0.500. The first-order chi connectivity index (χ1) is 3.12. The van der Waals surface area contributed by atoms with Gasteiger partial charge in [0, 0.05) is 4.75 Å². The molecule has 0 spiro atoms. The van der Waals surface area contributed by atoms with Gasteiger partial charge in [-0.3, -0.25) is 0 Å². The Morgan fingerprint density at radius 3 is 1.86 bits per heavy atom. The molecule has 0 aromatic rings. The van der Waals surface area contributed by atoms with Crippen molar-refractivity contribution < 1.29 is 0 Å². The lowest BCUT2D eigenvalue weighted by molar-refractivity contribution is 0.687. The largest absolute Gasteiger partial charge is 0.159 e. The lowest BCUT2D eigenvalue weighted by Gasteiger charge is -2.18. The molecule has 1 heteroatoms. The van der Waals surface area contributed by atoms with Crippen LogP contribution in [0.5, 0.6) is 0 Å². The van der Waals surface area contributed by atoms with Crippen LogP contribution >= 0.6 is 11.8 Å². The van der Waals surface area contributed by atoms with Crippen LogP contribution in [0.3, 0.4) is 0 Å². The van der Waals surface area contributed by atoms with E-state index in [9.17, 15) is 0 Å². The van der Waals surface area contributed by atoms with E-state index in [0.29, 0.717) is 4.75 Å². The van der Waals surface area contributed by atoms with Crippen LogP contribution in [0, 0.1) is 0 Å². The summed E-state index contributed by atoms with van der Waals surface area (Å²) in [6.45, 7) is 6.74. The van der Waals surface area contributed by atoms with Crippen molar-refractivity contribution in [3.05, 3.63) is 0 Å². The lowest BCUT2D eigenvalue weighted by atomic mass is 10.1. The molecule has 0 aromatic carbocycles. The molecule has 0 aliphatic carbocycles. The van der Waals surface area contributed by atoms with E-state index in [1.54, 1.807) is 0 Å². The zero-order valence-electron chi connectivity index (χ0n) is 5.62. The zero-order valence-corrected chi connectivity index (χ0v) is 6.43. The summed E-state index contributed by atoms with van der Waals surface area (Å²) >= 11 is 1.93. The third kappa shape index (κ3) is 2.98. The van der Waals surface area contributed by atoms with Gasteiger partial charge in [0.1, 0.15) is 0 Å². The first-order valence-electron chi connectivity index (χ1n) is 2.67. The molecule has 0 radical (unpaired) electrons. The molecule has 44 valence electrons. The minimum Gasteiger partial charge on any atom is -0.159 e. The summed E-state index contributed by atoms with van der Waals surface area (Å²) in [4.78, 5) is 0. The number of rotatable bonds is 2. The zero-order chi connectivity index (χ0) is 5.91. The summed E-state index contributed by atoms with van der Waals surface area (Å²) in [5, 5.41) is 0. The van der Waals surface area contributed by atoms with Gasteiger partial charge in [-0.1, -0.05) is 20.8 Å². The number of hydrogen-bond donors (Lipinski definition) is 0. The fourth-order valence-corrected chi connectivity index (χ4v) is 0.433. The quantitative estimate of drug-likeness (QED) is 0.537. The van der Waals surface area contributed by atoms with Gasteiger partial charge in [-0.05, 0) is 12.7 Å². The van der Waals surface area contributed by atoms with Crippen molar-refractivity contribution >= 4 is 11.8 Å². The van der Waals surface area contributed by atoms with Crippen LogP contribution in [0.1, 0.15) is 27.2 Å². The standard InChI is InChI=1S/C6H14S/c1-5-6(2,3)7-4/h5H2,1-4H3. The Hall–Kier alpha value is 0.350. The summed E-state index contributed by atoms with van der Waals surface area (Å²) in [6.07, 6.45) is 3.41. The average molecular weight is 118 g/mol. The summed E-state index contributed by atoms with van der Waals surface area (Å²) in [6, 6.07) is 0. The maximum Gasteiger partial charge on any atom is 0.00979 e. The molecule has 0 saturated heterocycles. The van der Waals surface area contributed by atoms with E-state index >= 15 is 0 Å². The van der Waals surface area contributed by atoms with Crippen LogP contribution in [0.15, 0.2) is 0 Å². The molecule has 0 fully saturated rings. The Kier molecular flexibility index (Phi) is 2.74. The van der Waals surface area contributed by atoms with Crippen LogP contribution in [-0.4, -0.2) is 11.0 Å². The van der Waals surface area contributed by atoms with Crippen molar-refractivity contribution in [2.24, 2.45) is 0 Å². The molecule has 0 bridgehead atoms. The highest BCUT2D eigenvalue weighted by molar-refractivity contribution is 7.99. The molecule has 0 heterocycles. The second-order valence-electron chi connectivity index (χ2n) is 2.32. The molecular weight excluding hydrogens is 104 g/mol. The highest BCUT2D eigenvalue weighted by Gasteiger charge is 2.10. The smallest absolute Gasteiger partial charge is 0.00979 e. The normalized spacial score (nSPS) is 12.0. The van der Waals surface area contributed by atoms with Gasteiger partial charge in [-0.15, -0.1) is 0 Å². The van der Waals surface area contributed by atoms with E-state index < -0.39 is 0 Å². The Bertz CT molecular complexity index is 42.1. The minimum atomic E-state index is 0.500. The molecule has 0 unspecified atom stereocenters. The number of hydrogen-bond acceptors (Lipinski definition) is 1. The van der Waals surface area contributed by atoms with E-state index in [2.05, 4.69) is 27.0 Å². The van der Waals surface area contributed by atoms with E-state index in [4.69, 9.17) is 0 Å². The molecule has 0 rings (SSSR count). The molecule has 0 amide bonds. The predicted octanol–water partition coefficient (Wildman–Crippen LogP) is 2.54. The second kappa shape index (κ2) is 2.61. The van der Waals surface area contributed by atoms with Crippen LogP contribution in [0.2, 0.25) is 0 Å². The van der Waals surface area contributed by atoms with Crippen LogP contribution in [0.4, 0.5) is 0 Å². The Morgan fingerprint density at radius 1 is 1.43 bits per heavy atom. The van der Waals surface area contributed by atoms with Crippen LogP contribution < -0.4 is 0 Å². The second-order valence-corrected chi connectivity index (χ2v) is 3.83. The molecule has 7 heavy (non-hydrogen) atoms. The average Bonchev–Trinajstić information content (AvgIpc) is 1.68. The van der Waals surface area contributed by atoms with Crippen LogP contribution in [-0.2, 0) is 0 Å². The fraction of sp³-hybridized carbons (Fsp3) is 1.00. The van der Waals surface area contributed by atoms with Crippen molar-refractivity contribution in [3.8, 4) is 0 Å². The predicted molar refractivity (Wildman–Crippen MR) is 37.9 cm³/mol. The lowest BCUT2D eigenvalue weighted by Crippen LogP contribution is -2.10. The van der Waals surface area contributed by atoms with E-state index in [1.165, 1.54) is 6.42 Å². The maximum atomic E-state index is 2.26. The van der Waals surface area contributed by atoms with Gasteiger partial charge in [-0.2, -0.15) is 11.8 Å². The monoisotopic (exact) mass is 118 g/mol. The highest BCUT2D eigenvalue weighted by Crippen LogP contribution is 2.23. The summed E-state index contributed by atoms with van der Waals surface area (Å²) in [5.74, 6) is 0. The molecule has 0 aliphatic rings.